The number of hydrogen-bond acceptors (Lipinski definition) is 4. The second kappa shape index (κ2) is 5.46. The molecule has 7 nitrogen and oxygen atoms in total. The molecule has 8 heteroatoms. The summed E-state index contributed by atoms with van der Waals surface area (Å²) in [6.45, 7) is 0. The highest BCUT2D eigenvalue weighted by Crippen LogP contribution is 2.30. The number of rotatable bonds is 8. The molecule has 4 N–H and O–H groups in total. The molecule has 1 saturated carbocycles. The summed E-state index contributed by atoms with van der Waals surface area (Å²) >= 11 is 0. The Bertz CT molecular complexity index is 402. The molecule has 1 rings (SSSR count). The van der Waals surface area contributed by atoms with Crippen LogP contribution in [0, 0.1) is 5.92 Å². The van der Waals surface area contributed by atoms with Crippen LogP contribution < -0.4 is 10.5 Å². The first-order chi connectivity index (χ1) is 7.80. The Kier molecular flexibility index (Phi) is 4.47. The topological polar surface area (TPSA) is 127 Å². The van der Waals surface area contributed by atoms with Crippen LogP contribution in [0.3, 0.4) is 0 Å². The van der Waals surface area contributed by atoms with Crippen LogP contribution in [0.2, 0.25) is 0 Å². The van der Waals surface area contributed by atoms with Gasteiger partial charge >= 0.3 is 5.97 Å². The first-order valence-electron chi connectivity index (χ1n) is 5.31. The zero-order chi connectivity index (χ0) is 13.1. The van der Waals surface area contributed by atoms with E-state index in [1.807, 2.05) is 0 Å². The number of nitrogens with one attached hydrogen (secondary N) is 1. The number of carboxylic acids is 1. The Morgan fingerprint density at radius 3 is 2.41 bits per heavy atom. The summed E-state index contributed by atoms with van der Waals surface area (Å²) in [5, 5.41) is 8.82. The maximum Gasteiger partial charge on any atom is 0.321 e. The zero-order valence-electron chi connectivity index (χ0n) is 9.26. The highest BCUT2D eigenvalue weighted by molar-refractivity contribution is 7.89. The third-order valence-electron chi connectivity index (χ3n) is 2.45. The molecular weight excluding hydrogens is 248 g/mol. The van der Waals surface area contributed by atoms with Crippen molar-refractivity contribution in [3.63, 3.8) is 0 Å². The molecule has 1 amide bonds. The van der Waals surface area contributed by atoms with Crippen molar-refractivity contribution in [3.05, 3.63) is 0 Å². The van der Waals surface area contributed by atoms with Gasteiger partial charge in [-0.3, -0.25) is 9.59 Å². The lowest BCUT2D eigenvalue weighted by Gasteiger charge is -2.13. The minimum Gasteiger partial charge on any atom is -0.480 e. The fourth-order valence-corrected chi connectivity index (χ4v) is 3.08. The Morgan fingerprint density at radius 1 is 1.41 bits per heavy atom. The second-order valence-electron chi connectivity index (χ2n) is 4.24. The predicted molar refractivity (Wildman–Crippen MR) is 59.5 cm³/mol. The van der Waals surface area contributed by atoms with E-state index in [2.05, 4.69) is 4.72 Å². The fraction of sp³-hybridized carbons (Fsp3) is 0.778. The lowest BCUT2D eigenvalue weighted by Crippen LogP contribution is -2.42. The molecule has 1 atom stereocenters. The monoisotopic (exact) mass is 264 g/mol. The molecule has 0 radical (unpaired) electrons. The average molecular weight is 264 g/mol. The van der Waals surface area contributed by atoms with Gasteiger partial charge in [-0.2, -0.15) is 0 Å². The van der Waals surface area contributed by atoms with Crippen LogP contribution in [-0.2, 0) is 19.6 Å². The summed E-state index contributed by atoms with van der Waals surface area (Å²) in [6, 6.07) is -1.29. The van der Waals surface area contributed by atoms with E-state index in [9.17, 15) is 18.0 Å². The molecule has 1 aliphatic rings. The van der Waals surface area contributed by atoms with Crippen LogP contribution in [-0.4, -0.2) is 37.2 Å². The molecule has 0 heterocycles. The van der Waals surface area contributed by atoms with Gasteiger partial charge in [0.05, 0.1) is 5.75 Å². The van der Waals surface area contributed by atoms with Gasteiger partial charge < -0.3 is 10.8 Å². The first-order valence-corrected chi connectivity index (χ1v) is 6.96. The average Bonchev–Trinajstić information content (AvgIpc) is 2.94. The second-order valence-corrected chi connectivity index (χ2v) is 6.04. The molecule has 0 saturated heterocycles. The molecule has 98 valence electrons. The number of carboxylic acid groups (broad SMARTS) is 1. The van der Waals surface area contributed by atoms with Gasteiger partial charge in [-0.25, -0.2) is 13.1 Å². The van der Waals surface area contributed by atoms with Crippen LogP contribution in [0.25, 0.3) is 0 Å². The lowest BCUT2D eigenvalue weighted by molar-refractivity contribution is -0.139. The Morgan fingerprint density at radius 2 is 2.00 bits per heavy atom. The molecule has 0 unspecified atom stereocenters. The number of primary amides is 1. The van der Waals surface area contributed by atoms with Gasteiger partial charge in [-0.1, -0.05) is 0 Å². The highest BCUT2D eigenvalue weighted by atomic mass is 32.2. The van der Waals surface area contributed by atoms with E-state index in [0.29, 0.717) is 0 Å². The van der Waals surface area contributed by atoms with Crippen molar-refractivity contribution in [1.29, 1.82) is 0 Å². The summed E-state index contributed by atoms with van der Waals surface area (Å²) in [5.41, 5.74) is 4.89. The number of sulfonamides is 1. The predicted octanol–water partition coefficient (Wildman–Crippen LogP) is -0.966. The van der Waals surface area contributed by atoms with E-state index in [1.54, 1.807) is 0 Å². The summed E-state index contributed by atoms with van der Waals surface area (Å²) in [5.74, 6) is -1.87. The maximum atomic E-state index is 11.5. The Labute approximate surface area is 99.4 Å². The number of carbonyl (C=O) groups is 2. The van der Waals surface area contributed by atoms with E-state index in [4.69, 9.17) is 10.8 Å². The van der Waals surface area contributed by atoms with Crippen molar-refractivity contribution < 1.29 is 23.1 Å². The summed E-state index contributed by atoms with van der Waals surface area (Å²) in [7, 11) is -3.59. The Balaban J connectivity index is 2.52. The molecule has 1 fully saturated rings. The van der Waals surface area contributed by atoms with E-state index in [0.717, 1.165) is 12.8 Å². The van der Waals surface area contributed by atoms with Gasteiger partial charge in [0.1, 0.15) is 6.04 Å². The van der Waals surface area contributed by atoms with Gasteiger partial charge in [-0.15, -0.1) is 0 Å². The number of aliphatic carboxylic acids is 1. The summed E-state index contributed by atoms with van der Waals surface area (Å²) in [6.07, 6.45) is 1.43. The number of hydrogen-bond donors (Lipinski definition) is 3. The lowest BCUT2D eigenvalue weighted by atomic mass is 10.2. The fourth-order valence-electron chi connectivity index (χ4n) is 1.38. The van der Waals surface area contributed by atoms with Crippen LogP contribution in [0.1, 0.15) is 25.7 Å². The number of amides is 1. The minimum absolute atomic E-state index is 0.0483. The maximum absolute atomic E-state index is 11.5. The molecule has 0 bridgehead atoms. The largest absolute Gasteiger partial charge is 0.480 e. The molecule has 17 heavy (non-hydrogen) atoms. The Hall–Kier alpha value is -1.15. The third-order valence-corrected chi connectivity index (χ3v) is 4.01. The van der Waals surface area contributed by atoms with Crippen molar-refractivity contribution in [1.82, 2.24) is 4.72 Å². The van der Waals surface area contributed by atoms with Crippen LogP contribution in [0.15, 0.2) is 0 Å². The molecular formula is C9H16N2O5S. The van der Waals surface area contributed by atoms with Crippen molar-refractivity contribution in [2.24, 2.45) is 11.7 Å². The van der Waals surface area contributed by atoms with E-state index < -0.39 is 27.9 Å². The smallest absolute Gasteiger partial charge is 0.321 e. The molecule has 0 aromatic carbocycles. The van der Waals surface area contributed by atoms with Gasteiger partial charge in [0.15, 0.2) is 0 Å². The molecule has 0 aromatic heterocycles. The van der Waals surface area contributed by atoms with Crippen molar-refractivity contribution in [2.45, 2.75) is 31.7 Å². The van der Waals surface area contributed by atoms with Gasteiger partial charge in [0.2, 0.25) is 15.9 Å². The first kappa shape index (κ1) is 13.9. The third kappa shape index (κ3) is 5.64. The quantitative estimate of drug-likeness (QED) is 0.520. The summed E-state index contributed by atoms with van der Waals surface area (Å²) in [4.78, 5) is 21.3. The van der Waals surface area contributed by atoms with Crippen LogP contribution in [0.4, 0.5) is 0 Å². The summed E-state index contributed by atoms with van der Waals surface area (Å²) < 4.78 is 25.2. The van der Waals surface area contributed by atoms with E-state index >= 15 is 0 Å². The van der Waals surface area contributed by atoms with Gasteiger partial charge in [0, 0.05) is 6.42 Å². The molecule has 0 spiro atoms. The van der Waals surface area contributed by atoms with E-state index in [1.165, 1.54) is 0 Å². The highest BCUT2D eigenvalue weighted by Gasteiger charge is 2.31. The van der Waals surface area contributed by atoms with Crippen molar-refractivity contribution >= 4 is 21.9 Å². The molecule has 0 aliphatic heterocycles. The number of nitrogens with two attached hydrogens (primary N) is 1. The van der Waals surface area contributed by atoms with Crippen LogP contribution >= 0.6 is 0 Å². The van der Waals surface area contributed by atoms with E-state index in [-0.39, 0.29) is 24.5 Å². The number of carbonyl (C=O) groups excluding carboxylic acids is 1. The van der Waals surface area contributed by atoms with Crippen molar-refractivity contribution in [2.75, 3.05) is 5.75 Å². The standard InChI is InChI=1S/C9H16N2O5S/c10-8(12)4-3-7(9(13)14)11-17(15,16)5-6-1-2-6/h6-7,11H,1-5H2,(H2,10,12)(H,13,14)/t7-/m0/s1. The molecule has 1 aliphatic carbocycles. The minimum atomic E-state index is -3.59. The SMILES string of the molecule is NC(=O)CC[C@H](NS(=O)(=O)CC1CC1)C(=O)O. The van der Waals surface area contributed by atoms with Crippen LogP contribution in [0.5, 0.6) is 0 Å². The normalized spacial score (nSPS) is 17.6. The van der Waals surface area contributed by atoms with Crippen molar-refractivity contribution in [3.8, 4) is 0 Å². The zero-order valence-corrected chi connectivity index (χ0v) is 10.1. The van der Waals surface area contributed by atoms with Gasteiger partial charge in [-0.05, 0) is 25.2 Å². The molecule has 0 aromatic rings. The van der Waals surface area contributed by atoms with Gasteiger partial charge in [0.25, 0.3) is 0 Å².